The second-order valence-electron chi connectivity index (χ2n) is 32.3. The Morgan fingerprint density at radius 1 is 0.306 bits per heavy atom. The molecule has 0 spiro atoms. The van der Waals surface area contributed by atoms with Gasteiger partial charge >= 0.3 is 0 Å². The van der Waals surface area contributed by atoms with E-state index in [-0.39, 0.29) is 22.8 Å². The van der Waals surface area contributed by atoms with E-state index in [1.54, 1.807) is 53.7 Å². The van der Waals surface area contributed by atoms with Crippen LogP contribution in [0, 0.1) is 108 Å². The molecule has 0 atom stereocenters. The Morgan fingerprint density at radius 2 is 0.565 bits per heavy atom. The van der Waals surface area contributed by atoms with E-state index in [4.69, 9.17) is 50.4 Å². The molecule has 31 nitrogen and oxygen atoms in total. The number of aryl methyl sites for hydroxylation is 6. The van der Waals surface area contributed by atoms with Crippen molar-refractivity contribution in [2.75, 3.05) is 17.3 Å². The van der Waals surface area contributed by atoms with E-state index in [9.17, 15) is 25.8 Å². The zero-order chi connectivity index (χ0) is 103. The first kappa shape index (κ1) is 99.7. The second-order valence-corrected chi connectivity index (χ2v) is 36.1. The summed E-state index contributed by atoms with van der Waals surface area (Å²) < 4.78 is 12.4. The number of aromatic amines is 2. The smallest absolute Gasteiger partial charge is 0.269 e. The van der Waals surface area contributed by atoms with Gasteiger partial charge in [-0.15, -0.1) is 19.7 Å². The standard InChI is InChI=1S/C22H17N5S.C21H15N5S.C20H17N5O.C19H13N5S.C16H13N5S.C13H9N5S/c1-3-13-28-22-25-19-18(14-23)24-20(16-11-9-15(2)10-12-16)26-21(19)27(22)17-7-5-4-6-8-17;1-2-13-27-21-24-18-17(14-22)23-19(15-9-5-3-6-10-15)25-20(18)26(21)16-11-7-4-8-12-16;1-12-8-10-14(11-9-12)19-23-16(18(21)26)17-20(24-19)25(13(2)22-17)15-6-4-3-5-7-15;1-12-7-9-13(10-8-12)17-21-15(11-20)16-18(23-17)24(19(25)22-16)14-5-3-2-4-6-14;1-3-9-22-16-20-14-13(10-17)18-11(2)19-15(14)21(16)12-7-5-4-6-8-12;1-8-15-10(7-14)11-12(16-8)18(13(19)17-11)9-5-3-2-4-6-9/h3-12H,1,13H2,2H3;2-12H,1,13H2;3-11H,1-2H3,(H2,21,26);2-10H,1H3,(H,22,25);3-8H,1,9H2,2H3;2-6H,1H3,(H,17,19). The zero-order valence-corrected chi connectivity index (χ0v) is 83.8. The van der Waals surface area contributed by atoms with Crippen molar-refractivity contribution in [3.8, 4) is 110 Å². The Balaban J connectivity index is 0.000000121. The van der Waals surface area contributed by atoms with Gasteiger partial charge in [0.25, 0.3) is 5.91 Å². The molecule has 4 N–H and O–H groups in total. The van der Waals surface area contributed by atoms with Gasteiger partial charge in [-0.05, 0) is 139 Å². The molecule has 0 saturated heterocycles. The highest BCUT2D eigenvalue weighted by Crippen LogP contribution is 2.36. The number of amides is 1. The molecule has 0 fully saturated rings. The number of para-hydroxylation sites is 6. The summed E-state index contributed by atoms with van der Waals surface area (Å²) in [5.74, 6) is 5.30. The highest BCUT2D eigenvalue weighted by Gasteiger charge is 2.27. The summed E-state index contributed by atoms with van der Waals surface area (Å²) in [4.78, 5) is 90.2. The van der Waals surface area contributed by atoms with Crippen molar-refractivity contribution in [2.45, 2.75) is 57.0 Å². The minimum atomic E-state index is -0.622. The average molecular weight is 2010 g/mol. The van der Waals surface area contributed by atoms with Crippen LogP contribution >= 0.6 is 59.7 Å². The molecule has 0 aliphatic rings. The van der Waals surface area contributed by atoms with Gasteiger partial charge in [0.2, 0.25) is 0 Å². The quantitative estimate of drug-likeness (QED) is 0.0362. The Kier molecular flexibility index (Phi) is 31.1. The number of thioether (sulfide) groups is 3. The van der Waals surface area contributed by atoms with Crippen LogP contribution in [0.2, 0.25) is 0 Å². The first-order valence-electron chi connectivity index (χ1n) is 45.5. The highest BCUT2D eigenvalue weighted by atomic mass is 32.2. The summed E-state index contributed by atoms with van der Waals surface area (Å²) in [6.45, 7) is 22.8. The summed E-state index contributed by atoms with van der Waals surface area (Å²) >= 11 is 15.4. The van der Waals surface area contributed by atoms with E-state index in [1.807, 2.05) is 354 Å². The summed E-state index contributed by atoms with van der Waals surface area (Å²) in [6, 6.07) is 103. The molecule has 147 heavy (non-hydrogen) atoms. The number of hydrogen-bond acceptors (Lipinski definition) is 27. The molecule has 36 heteroatoms. The van der Waals surface area contributed by atoms with E-state index in [2.05, 4.69) is 125 Å². The molecule has 12 aromatic heterocycles. The number of primary amides is 1. The molecule has 0 bridgehead atoms. The lowest BCUT2D eigenvalue weighted by molar-refractivity contribution is 0.0997. The first-order chi connectivity index (χ1) is 71.7. The van der Waals surface area contributed by atoms with E-state index in [0.29, 0.717) is 140 Å². The van der Waals surface area contributed by atoms with Crippen molar-refractivity contribution in [3.63, 3.8) is 0 Å². The number of rotatable bonds is 20. The van der Waals surface area contributed by atoms with E-state index >= 15 is 0 Å². The lowest BCUT2D eigenvalue weighted by Gasteiger charge is -2.08. The molecule has 22 aromatic rings. The van der Waals surface area contributed by atoms with Crippen LogP contribution in [-0.4, -0.2) is 140 Å². The summed E-state index contributed by atoms with van der Waals surface area (Å²) in [6.07, 6.45) is 5.47. The molecule has 0 unspecified atom stereocenters. The zero-order valence-electron chi connectivity index (χ0n) is 79.7. The summed E-state index contributed by atoms with van der Waals surface area (Å²) in [7, 11) is 0. The van der Waals surface area contributed by atoms with E-state index in [1.165, 1.54) is 0 Å². The second kappa shape index (κ2) is 45.8. The SMILES string of the molecule is C=CCSc1nc2c(C#N)nc(-c3ccc(C)cc3)nc2n1-c1ccccc1.C=CCSc1nc2c(C#N)nc(-c3ccccc3)nc2n1-c1ccccc1.C=CCSc1nc2c(C#N)nc(C)nc2n1-c1ccccc1.Cc1ccc(-c2nc(C#N)c3[nH]c(=S)n(-c4ccccc4)c3n2)cc1.Cc1ccc(-c2nc(C(N)=O)c3nc(C)n(-c4ccccc4)c3n2)cc1.Cc1nc(C#N)c2[nH]c(=S)n(-c3ccccc3)c2n1. The van der Waals surface area contributed by atoms with E-state index in [0.717, 1.165) is 94.3 Å². The lowest BCUT2D eigenvalue weighted by atomic mass is 10.1. The van der Waals surface area contributed by atoms with Crippen LogP contribution in [0.25, 0.3) is 147 Å². The van der Waals surface area contributed by atoms with Gasteiger partial charge in [0.15, 0.2) is 116 Å². The van der Waals surface area contributed by atoms with Gasteiger partial charge in [0.1, 0.15) is 80.9 Å². The number of carbonyl (C=O) groups excluding carboxylic acids is 1. The van der Waals surface area contributed by atoms with Gasteiger partial charge in [0.05, 0.1) is 0 Å². The molecule has 0 radical (unpaired) electrons. The van der Waals surface area contributed by atoms with Crippen LogP contribution in [0.15, 0.2) is 339 Å². The Hall–Kier alpha value is -18.9. The third kappa shape index (κ3) is 22.0. The first-order valence-corrected chi connectivity index (χ1v) is 49.2. The number of aromatic nitrogens is 24. The average Bonchev–Trinajstić information content (AvgIpc) is 1.64. The highest BCUT2D eigenvalue weighted by molar-refractivity contribution is 7.99. The van der Waals surface area contributed by atoms with Crippen molar-refractivity contribution < 1.29 is 4.79 Å². The van der Waals surface area contributed by atoms with Crippen molar-refractivity contribution in [3.05, 3.63) is 401 Å². The van der Waals surface area contributed by atoms with Crippen LogP contribution in [0.5, 0.6) is 0 Å². The molecular formula is C111H84N30OS5. The van der Waals surface area contributed by atoms with Gasteiger partial charge in [-0.25, -0.2) is 79.7 Å². The van der Waals surface area contributed by atoms with Crippen molar-refractivity contribution in [1.82, 2.24) is 117 Å². The maximum absolute atomic E-state index is 12.0. The largest absolute Gasteiger partial charge is 0.364 e. The number of fused-ring (bicyclic) bond motifs is 6. The molecule has 0 saturated carbocycles. The lowest BCUT2D eigenvalue weighted by Crippen LogP contribution is -2.15. The number of nitrogens with zero attached hydrogens (tertiary/aromatic N) is 27. The number of hydrogen-bond donors (Lipinski definition) is 3. The van der Waals surface area contributed by atoms with Gasteiger partial charge in [-0.2, -0.15) is 26.3 Å². The number of nitriles is 5. The third-order valence-electron chi connectivity index (χ3n) is 22.2. The van der Waals surface area contributed by atoms with Crippen molar-refractivity contribution in [2.24, 2.45) is 5.73 Å². The Bertz CT molecular complexity index is 9050. The molecule has 714 valence electrons. The number of imidazole rings is 6. The number of benzene rings is 10. The normalized spacial score (nSPS) is 10.7. The van der Waals surface area contributed by atoms with Gasteiger partial charge in [-0.1, -0.05) is 283 Å². The summed E-state index contributed by atoms with van der Waals surface area (Å²) in [5, 5.41) is 49.6. The minimum absolute atomic E-state index is 0.128. The fraction of sp³-hybridized carbons (Fsp3) is 0.0811. The van der Waals surface area contributed by atoms with Crippen LogP contribution in [-0.2, 0) is 0 Å². The van der Waals surface area contributed by atoms with Crippen LogP contribution in [0.1, 0.15) is 73.1 Å². The molecule has 10 aromatic carbocycles. The van der Waals surface area contributed by atoms with Crippen molar-refractivity contribution >= 4 is 133 Å². The topological polar surface area (TPSA) is 429 Å². The predicted octanol–water partition coefficient (Wildman–Crippen LogP) is 23.0. The number of nitrogens with one attached hydrogen (secondary N) is 2. The molecule has 12 heterocycles. The van der Waals surface area contributed by atoms with Crippen molar-refractivity contribution in [1.29, 1.82) is 26.3 Å². The molecular weight excluding hydrogens is 1930 g/mol. The van der Waals surface area contributed by atoms with Gasteiger partial charge < -0.3 is 15.7 Å². The fourth-order valence-electron chi connectivity index (χ4n) is 15.5. The van der Waals surface area contributed by atoms with Crippen LogP contribution < -0.4 is 5.73 Å². The minimum Gasteiger partial charge on any atom is -0.364 e. The molecule has 0 aliphatic heterocycles. The third-order valence-corrected chi connectivity index (χ3v) is 25.6. The molecule has 1 amide bonds. The number of nitrogens with two attached hydrogens (primary N) is 1. The monoisotopic (exact) mass is 2010 g/mol. The maximum atomic E-state index is 12.0. The predicted molar refractivity (Wildman–Crippen MR) is 580 cm³/mol. The van der Waals surface area contributed by atoms with Gasteiger partial charge in [0, 0.05) is 73.6 Å². The summed E-state index contributed by atoms with van der Waals surface area (Å²) in [5.41, 5.74) is 26.3. The Labute approximate surface area is 865 Å². The van der Waals surface area contributed by atoms with Gasteiger partial charge in [-0.3, -0.25) is 32.2 Å². The van der Waals surface area contributed by atoms with Crippen LogP contribution in [0.3, 0.4) is 0 Å². The Morgan fingerprint density at radius 3 is 0.898 bits per heavy atom. The van der Waals surface area contributed by atoms with Crippen LogP contribution in [0.4, 0.5) is 0 Å². The number of H-pyrrole nitrogens is 2. The van der Waals surface area contributed by atoms with E-state index < -0.39 is 5.91 Å². The molecule has 22 rings (SSSR count). The number of carbonyl (C=O) groups is 1. The fourth-order valence-corrected chi connectivity index (χ4v) is 18.3. The maximum Gasteiger partial charge on any atom is 0.269 e. The molecule has 0 aliphatic carbocycles.